The minimum absolute atomic E-state index is 0.525. The largest absolute Gasteiger partial charge is 0.319 e. The molecule has 8 heteroatoms. The van der Waals surface area contributed by atoms with Crippen LogP contribution in [0.2, 0.25) is 0 Å². The van der Waals surface area contributed by atoms with Gasteiger partial charge < -0.3 is 5.32 Å². The number of fused-ring (bicyclic) bond motifs is 1. The maximum atomic E-state index is 12.4. The summed E-state index contributed by atoms with van der Waals surface area (Å²) in [5.74, 6) is 0.574. The molecule has 0 atom stereocenters. The monoisotopic (exact) mass is 330 g/mol. The molecule has 118 valence electrons. The van der Waals surface area contributed by atoms with E-state index in [0.717, 1.165) is 44.3 Å². The van der Waals surface area contributed by atoms with Gasteiger partial charge in [-0.3, -0.25) is 0 Å². The molecule has 0 radical (unpaired) electrons. The van der Waals surface area contributed by atoms with E-state index in [1.54, 1.807) is 4.31 Å². The van der Waals surface area contributed by atoms with Crippen LogP contribution in [0, 0.1) is 5.92 Å². The summed E-state index contributed by atoms with van der Waals surface area (Å²) < 4.78 is 29.0. The molecule has 2 N–H and O–H groups in total. The second-order valence-electron chi connectivity index (χ2n) is 5.75. The Morgan fingerprint density at radius 2 is 2.10 bits per heavy atom. The first-order valence-electron chi connectivity index (χ1n) is 7.49. The zero-order valence-electron chi connectivity index (χ0n) is 12.3. The number of piperidine rings is 1. The highest BCUT2D eigenvalue weighted by molar-refractivity contribution is 7.90. The normalized spacial score (nSPS) is 20.6. The molecule has 3 rings (SSSR count). The van der Waals surface area contributed by atoms with Gasteiger partial charge >= 0.3 is 10.2 Å². The molecule has 0 unspecified atom stereocenters. The molecule has 21 heavy (non-hydrogen) atoms. The van der Waals surface area contributed by atoms with Crippen molar-refractivity contribution in [2.75, 3.05) is 31.4 Å². The van der Waals surface area contributed by atoms with Gasteiger partial charge in [-0.15, -0.1) is 11.3 Å². The third-order valence-corrected chi connectivity index (χ3v) is 6.92. The third-order valence-electron chi connectivity index (χ3n) is 4.22. The van der Waals surface area contributed by atoms with Gasteiger partial charge in [-0.05, 0) is 51.6 Å². The number of hydrogen-bond acceptors (Lipinski definition) is 5. The van der Waals surface area contributed by atoms with Crippen LogP contribution in [0.15, 0.2) is 0 Å². The SMILES string of the molecule is CNCC1CCN(S(=O)(=O)Nc2nc3c(s2)CCC3)CC1. The van der Waals surface area contributed by atoms with Crippen molar-refractivity contribution in [1.82, 2.24) is 14.6 Å². The van der Waals surface area contributed by atoms with Crippen molar-refractivity contribution in [3.8, 4) is 0 Å². The van der Waals surface area contributed by atoms with Crippen LogP contribution in [0.3, 0.4) is 0 Å². The van der Waals surface area contributed by atoms with Gasteiger partial charge in [0.1, 0.15) is 0 Å². The molecule has 0 aromatic carbocycles. The standard InChI is InChI=1S/C13H22N4O2S2/c1-14-9-10-5-7-17(8-6-10)21(18,19)16-13-15-11-3-2-4-12(11)20-13/h10,14H,2-9H2,1H3,(H,15,16). The van der Waals surface area contributed by atoms with E-state index in [9.17, 15) is 8.42 Å². The molecule has 1 fully saturated rings. The summed E-state index contributed by atoms with van der Waals surface area (Å²) in [6.45, 7) is 2.14. The number of anilines is 1. The highest BCUT2D eigenvalue weighted by Gasteiger charge is 2.29. The molecule has 2 aliphatic rings. The Labute approximate surface area is 130 Å². The maximum Gasteiger partial charge on any atom is 0.303 e. The van der Waals surface area contributed by atoms with Crippen LogP contribution in [-0.4, -0.2) is 44.4 Å². The molecule has 1 aromatic heterocycles. The van der Waals surface area contributed by atoms with Crippen molar-refractivity contribution < 1.29 is 8.42 Å². The lowest BCUT2D eigenvalue weighted by Crippen LogP contribution is -2.43. The van der Waals surface area contributed by atoms with Crippen LogP contribution in [0.5, 0.6) is 0 Å². The predicted octanol–water partition coefficient (Wildman–Crippen LogP) is 1.22. The number of aryl methyl sites for hydroxylation is 2. The van der Waals surface area contributed by atoms with Crippen LogP contribution in [0.25, 0.3) is 0 Å². The van der Waals surface area contributed by atoms with E-state index in [1.165, 1.54) is 16.2 Å². The zero-order valence-corrected chi connectivity index (χ0v) is 13.9. The van der Waals surface area contributed by atoms with E-state index in [2.05, 4.69) is 15.0 Å². The van der Waals surface area contributed by atoms with Gasteiger partial charge in [0.25, 0.3) is 0 Å². The van der Waals surface area contributed by atoms with Crippen molar-refractivity contribution in [3.63, 3.8) is 0 Å². The van der Waals surface area contributed by atoms with E-state index < -0.39 is 10.2 Å². The zero-order chi connectivity index (χ0) is 14.9. The summed E-state index contributed by atoms with van der Waals surface area (Å²) in [5.41, 5.74) is 1.07. The molecule has 6 nitrogen and oxygen atoms in total. The van der Waals surface area contributed by atoms with E-state index in [0.29, 0.717) is 24.1 Å². The van der Waals surface area contributed by atoms with Crippen LogP contribution in [-0.2, 0) is 23.1 Å². The average molecular weight is 330 g/mol. The molecule has 0 spiro atoms. The fourth-order valence-corrected chi connectivity index (χ4v) is 5.52. The van der Waals surface area contributed by atoms with E-state index in [-0.39, 0.29) is 0 Å². The first-order chi connectivity index (χ1) is 10.1. The molecular weight excluding hydrogens is 308 g/mol. The molecule has 0 amide bonds. The van der Waals surface area contributed by atoms with Crippen LogP contribution in [0.1, 0.15) is 29.8 Å². The van der Waals surface area contributed by atoms with Crippen LogP contribution in [0.4, 0.5) is 5.13 Å². The number of rotatable bonds is 5. The van der Waals surface area contributed by atoms with Gasteiger partial charge in [-0.25, -0.2) is 9.71 Å². The lowest BCUT2D eigenvalue weighted by atomic mass is 9.98. The van der Waals surface area contributed by atoms with Gasteiger partial charge in [0.2, 0.25) is 0 Å². The summed E-state index contributed by atoms with van der Waals surface area (Å²) in [4.78, 5) is 5.64. The molecule has 2 heterocycles. The minimum atomic E-state index is -3.45. The van der Waals surface area contributed by atoms with Gasteiger partial charge in [0.05, 0.1) is 5.69 Å². The fraction of sp³-hybridized carbons (Fsp3) is 0.769. The number of thiazole rings is 1. The third kappa shape index (κ3) is 3.39. The summed E-state index contributed by atoms with van der Waals surface area (Å²) >= 11 is 1.48. The number of hydrogen-bond donors (Lipinski definition) is 2. The topological polar surface area (TPSA) is 74.3 Å². The van der Waals surface area contributed by atoms with Crippen LogP contribution >= 0.6 is 11.3 Å². The first-order valence-corrected chi connectivity index (χ1v) is 9.75. The average Bonchev–Trinajstić information content (AvgIpc) is 3.00. The number of nitrogens with zero attached hydrogens (tertiary/aromatic N) is 2. The van der Waals surface area contributed by atoms with Crippen molar-refractivity contribution in [3.05, 3.63) is 10.6 Å². The second-order valence-corrected chi connectivity index (χ2v) is 8.50. The van der Waals surface area contributed by atoms with Crippen molar-refractivity contribution in [2.45, 2.75) is 32.1 Å². The number of aromatic nitrogens is 1. The highest BCUT2D eigenvalue weighted by Crippen LogP contribution is 2.31. The Kier molecular flexibility index (Phi) is 4.49. The van der Waals surface area contributed by atoms with Gasteiger partial charge in [-0.1, -0.05) is 0 Å². The summed E-state index contributed by atoms with van der Waals surface area (Å²) in [7, 11) is -1.51. The summed E-state index contributed by atoms with van der Waals surface area (Å²) in [5, 5.41) is 3.69. The van der Waals surface area contributed by atoms with Gasteiger partial charge in [-0.2, -0.15) is 12.7 Å². The molecular formula is C13H22N4O2S2. The Bertz CT molecular complexity index is 570. The van der Waals surface area contributed by atoms with E-state index >= 15 is 0 Å². The quantitative estimate of drug-likeness (QED) is 0.851. The molecule has 0 saturated carbocycles. The molecule has 1 aliphatic heterocycles. The summed E-state index contributed by atoms with van der Waals surface area (Å²) in [6.07, 6.45) is 4.97. The molecule has 1 aliphatic carbocycles. The molecule has 0 bridgehead atoms. The molecule has 1 aromatic rings. The van der Waals surface area contributed by atoms with E-state index in [1.807, 2.05) is 7.05 Å². The van der Waals surface area contributed by atoms with Crippen LogP contribution < -0.4 is 10.0 Å². The Balaban J connectivity index is 1.61. The number of nitrogens with one attached hydrogen (secondary N) is 2. The predicted molar refractivity (Wildman–Crippen MR) is 84.9 cm³/mol. The van der Waals surface area contributed by atoms with Crippen molar-refractivity contribution in [1.29, 1.82) is 0 Å². The maximum absolute atomic E-state index is 12.4. The smallest absolute Gasteiger partial charge is 0.303 e. The van der Waals surface area contributed by atoms with Gasteiger partial charge in [0, 0.05) is 18.0 Å². The Morgan fingerprint density at radius 1 is 1.33 bits per heavy atom. The van der Waals surface area contributed by atoms with E-state index in [4.69, 9.17) is 0 Å². The Hall–Kier alpha value is -0.700. The fourth-order valence-electron chi connectivity index (χ4n) is 3.05. The lowest BCUT2D eigenvalue weighted by molar-refractivity contribution is 0.272. The Morgan fingerprint density at radius 3 is 2.76 bits per heavy atom. The minimum Gasteiger partial charge on any atom is -0.319 e. The second kappa shape index (κ2) is 6.20. The molecule has 1 saturated heterocycles. The summed E-state index contributed by atoms with van der Waals surface area (Å²) in [6, 6.07) is 0. The van der Waals surface area contributed by atoms with Gasteiger partial charge in [0.15, 0.2) is 5.13 Å². The van der Waals surface area contributed by atoms with Crippen molar-refractivity contribution in [2.24, 2.45) is 5.92 Å². The highest BCUT2D eigenvalue weighted by atomic mass is 32.2. The lowest BCUT2D eigenvalue weighted by Gasteiger charge is -2.30. The van der Waals surface area contributed by atoms with Crippen molar-refractivity contribution >= 4 is 26.7 Å². The first kappa shape index (κ1) is 15.2.